The molecule has 0 spiro atoms. The molecule has 1 fully saturated rings. The summed E-state index contributed by atoms with van der Waals surface area (Å²) in [5.41, 5.74) is 0.396. The molecule has 10 nitrogen and oxygen atoms in total. The summed E-state index contributed by atoms with van der Waals surface area (Å²) in [4.78, 5) is 29.4. The molecule has 5 rings (SSSR count). The number of nitrogens with zero attached hydrogens (tertiary/aromatic N) is 5. The van der Waals surface area contributed by atoms with Crippen LogP contribution in [0.4, 0.5) is 14.7 Å². The SMILES string of the molecule is O=c1[nH]c(O)c(/C=c2\cnn3c(=NC4CC4)nc(NCc4cccc(F)c4F)nc23)[nH]1. The van der Waals surface area contributed by atoms with Crippen LogP contribution in [0.25, 0.3) is 11.7 Å². The Morgan fingerprint density at radius 3 is 2.87 bits per heavy atom. The number of rotatable bonds is 5. The van der Waals surface area contributed by atoms with E-state index in [4.69, 9.17) is 0 Å². The van der Waals surface area contributed by atoms with E-state index in [0.29, 0.717) is 16.5 Å². The fourth-order valence-corrected chi connectivity index (χ4v) is 3.02. The van der Waals surface area contributed by atoms with Crippen molar-refractivity contribution in [3.8, 4) is 5.88 Å². The first kappa shape index (κ1) is 18.9. The van der Waals surface area contributed by atoms with E-state index in [1.807, 2.05) is 0 Å². The molecule has 0 bridgehead atoms. The monoisotopic (exact) mass is 426 g/mol. The van der Waals surface area contributed by atoms with Crippen LogP contribution in [0.3, 0.4) is 0 Å². The van der Waals surface area contributed by atoms with Gasteiger partial charge in [0.1, 0.15) is 5.69 Å². The van der Waals surface area contributed by atoms with Crippen LogP contribution in [0.15, 0.2) is 34.2 Å². The average molecular weight is 426 g/mol. The standard InChI is InChI=1S/C19H16F2N8O2/c20-12-3-1-2-9(14(12)21)7-22-17-26-15-10(6-13-16(30)27-19(31)25-13)8-23-29(15)18(28-17)24-11-4-5-11/h1-3,6,8,11,30H,4-5,7H2,(H,22,24,28)(H2,25,27,31)/b10-6+. The van der Waals surface area contributed by atoms with Gasteiger partial charge in [0.05, 0.1) is 12.2 Å². The van der Waals surface area contributed by atoms with Gasteiger partial charge in [-0.15, -0.1) is 0 Å². The lowest BCUT2D eigenvalue weighted by Gasteiger charge is -2.07. The maximum Gasteiger partial charge on any atom is 0.326 e. The lowest BCUT2D eigenvalue weighted by molar-refractivity contribution is 0.454. The normalized spacial score (nSPS) is 15.2. The van der Waals surface area contributed by atoms with E-state index in [9.17, 15) is 18.7 Å². The largest absolute Gasteiger partial charge is 0.493 e. The number of aromatic hydroxyl groups is 1. The topological polar surface area (TPSA) is 136 Å². The van der Waals surface area contributed by atoms with Gasteiger partial charge in [-0.2, -0.15) is 19.6 Å². The van der Waals surface area contributed by atoms with Crippen molar-refractivity contribution in [1.82, 2.24) is 29.5 Å². The van der Waals surface area contributed by atoms with E-state index < -0.39 is 17.3 Å². The van der Waals surface area contributed by atoms with Crippen molar-refractivity contribution in [2.24, 2.45) is 4.99 Å². The van der Waals surface area contributed by atoms with Crippen LogP contribution in [-0.4, -0.2) is 40.7 Å². The number of H-pyrrole nitrogens is 2. The quantitative estimate of drug-likeness (QED) is 0.364. The molecule has 0 aliphatic heterocycles. The molecule has 0 radical (unpaired) electrons. The molecule has 158 valence electrons. The van der Waals surface area contributed by atoms with E-state index in [0.717, 1.165) is 18.9 Å². The zero-order valence-corrected chi connectivity index (χ0v) is 15.9. The molecule has 4 aromatic rings. The number of anilines is 1. The van der Waals surface area contributed by atoms with E-state index in [1.165, 1.54) is 28.9 Å². The summed E-state index contributed by atoms with van der Waals surface area (Å²) in [5, 5.41) is 17.5. The van der Waals surface area contributed by atoms with Crippen LogP contribution >= 0.6 is 0 Å². The lowest BCUT2D eigenvalue weighted by atomic mass is 10.2. The number of benzene rings is 1. The molecular formula is C19H16F2N8O2. The highest BCUT2D eigenvalue weighted by atomic mass is 19.2. The number of halogens is 2. The van der Waals surface area contributed by atoms with Crippen molar-refractivity contribution < 1.29 is 13.9 Å². The molecule has 1 aromatic carbocycles. The molecule has 0 amide bonds. The Morgan fingerprint density at radius 1 is 1.29 bits per heavy atom. The number of imidazole rings is 1. The van der Waals surface area contributed by atoms with Crippen LogP contribution in [0, 0.1) is 11.6 Å². The molecule has 1 saturated carbocycles. The molecule has 0 saturated heterocycles. The predicted molar refractivity (Wildman–Crippen MR) is 105 cm³/mol. The second kappa shape index (κ2) is 7.31. The maximum atomic E-state index is 14.0. The Balaban J connectivity index is 1.59. The van der Waals surface area contributed by atoms with Gasteiger partial charge in [-0.05, 0) is 25.0 Å². The number of fused-ring (bicyclic) bond motifs is 1. The average Bonchev–Trinajstić information content (AvgIpc) is 3.37. The molecular weight excluding hydrogens is 410 g/mol. The van der Waals surface area contributed by atoms with Gasteiger partial charge >= 0.3 is 5.69 Å². The molecule has 12 heteroatoms. The van der Waals surface area contributed by atoms with Crippen molar-refractivity contribution >= 4 is 17.7 Å². The predicted octanol–water partition coefficient (Wildman–Crippen LogP) is 0.347. The van der Waals surface area contributed by atoms with E-state index in [2.05, 4.69) is 35.3 Å². The molecule has 3 heterocycles. The number of hydrogen-bond donors (Lipinski definition) is 4. The van der Waals surface area contributed by atoms with Gasteiger partial charge in [-0.25, -0.2) is 18.6 Å². The number of aromatic amines is 2. The third kappa shape index (κ3) is 3.74. The highest BCUT2D eigenvalue weighted by molar-refractivity contribution is 5.57. The third-order valence-electron chi connectivity index (χ3n) is 4.73. The zero-order valence-electron chi connectivity index (χ0n) is 15.9. The Kier molecular flexibility index (Phi) is 4.46. The zero-order chi connectivity index (χ0) is 21.5. The fourth-order valence-electron chi connectivity index (χ4n) is 3.02. The second-order valence-electron chi connectivity index (χ2n) is 7.10. The van der Waals surface area contributed by atoms with Crippen molar-refractivity contribution in [3.05, 3.63) is 68.6 Å². The molecule has 31 heavy (non-hydrogen) atoms. The van der Waals surface area contributed by atoms with Crippen molar-refractivity contribution in [3.63, 3.8) is 0 Å². The smallest absolute Gasteiger partial charge is 0.326 e. The molecule has 1 aliphatic rings. The van der Waals surface area contributed by atoms with E-state index in [1.54, 1.807) is 0 Å². The van der Waals surface area contributed by atoms with Gasteiger partial charge in [-0.3, -0.25) is 4.98 Å². The van der Waals surface area contributed by atoms with Crippen molar-refractivity contribution in [2.75, 3.05) is 5.32 Å². The first-order valence-electron chi connectivity index (χ1n) is 9.47. The summed E-state index contributed by atoms with van der Waals surface area (Å²) < 4.78 is 28.9. The van der Waals surface area contributed by atoms with Crippen LogP contribution in [-0.2, 0) is 6.54 Å². The summed E-state index contributed by atoms with van der Waals surface area (Å²) >= 11 is 0. The minimum Gasteiger partial charge on any atom is -0.493 e. The van der Waals surface area contributed by atoms with Crippen LogP contribution < -0.4 is 21.8 Å². The second-order valence-corrected chi connectivity index (χ2v) is 7.10. The molecule has 1 aliphatic carbocycles. The molecule has 4 N–H and O–H groups in total. The highest BCUT2D eigenvalue weighted by Gasteiger charge is 2.21. The Morgan fingerprint density at radius 2 is 2.13 bits per heavy atom. The minimum absolute atomic E-state index is 0.0399. The van der Waals surface area contributed by atoms with Crippen LogP contribution in [0.2, 0.25) is 0 Å². The van der Waals surface area contributed by atoms with E-state index >= 15 is 0 Å². The van der Waals surface area contributed by atoms with Gasteiger partial charge in [0.25, 0.3) is 5.62 Å². The Bertz CT molecular complexity index is 1470. The van der Waals surface area contributed by atoms with Crippen molar-refractivity contribution in [2.45, 2.75) is 25.4 Å². The van der Waals surface area contributed by atoms with Gasteiger partial charge in [0.15, 0.2) is 17.3 Å². The molecule has 3 aromatic heterocycles. The first-order chi connectivity index (χ1) is 15.0. The van der Waals surface area contributed by atoms with Crippen LogP contribution in [0.1, 0.15) is 24.1 Å². The number of nitrogens with one attached hydrogen (secondary N) is 3. The Labute approximate surface area is 172 Å². The first-order valence-corrected chi connectivity index (χ1v) is 9.47. The lowest BCUT2D eigenvalue weighted by Crippen LogP contribution is -2.25. The summed E-state index contributed by atoms with van der Waals surface area (Å²) in [6, 6.07) is 4.07. The summed E-state index contributed by atoms with van der Waals surface area (Å²) in [5.74, 6) is -2.05. The maximum absolute atomic E-state index is 14.0. The molecule has 0 unspecified atom stereocenters. The third-order valence-corrected chi connectivity index (χ3v) is 4.73. The van der Waals surface area contributed by atoms with Gasteiger partial charge in [0, 0.05) is 17.3 Å². The van der Waals surface area contributed by atoms with Crippen molar-refractivity contribution in [1.29, 1.82) is 0 Å². The van der Waals surface area contributed by atoms with Gasteiger partial charge < -0.3 is 15.4 Å². The van der Waals surface area contributed by atoms with Crippen LogP contribution in [0.5, 0.6) is 5.88 Å². The minimum atomic E-state index is -0.941. The fraction of sp³-hybridized carbons (Fsp3) is 0.211. The van der Waals surface area contributed by atoms with Gasteiger partial charge in [0.2, 0.25) is 11.8 Å². The van der Waals surface area contributed by atoms with E-state index in [-0.39, 0.29) is 35.7 Å². The molecule has 0 atom stereocenters. The summed E-state index contributed by atoms with van der Waals surface area (Å²) in [6.45, 7) is -0.0399. The Hall–Kier alpha value is -4.09. The number of hydrogen-bond acceptors (Lipinski definition) is 7. The summed E-state index contributed by atoms with van der Waals surface area (Å²) in [7, 11) is 0. The summed E-state index contributed by atoms with van der Waals surface area (Å²) in [6.07, 6.45) is 4.89. The highest BCUT2D eigenvalue weighted by Crippen LogP contribution is 2.22. The van der Waals surface area contributed by atoms with Gasteiger partial charge in [-0.1, -0.05) is 12.1 Å². The number of aromatic nitrogens is 6.